The van der Waals surface area contributed by atoms with Crippen molar-refractivity contribution in [2.45, 2.75) is 11.8 Å². The SMILES string of the molecule is COc1ccc(NC(=O)c2ccc(C)c(S(=O)(=O)N3CCN(C)CC3)c2)cc1Cl. The molecule has 0 bridgehead atoms. The minimum absolute atomic E-state index is 0.155. The molecule has 1 aliphatic heterocycles. The van der Waals surface area contributed by atoms with E-state index in [0.29, 0.717) is 48.2 Å². The van der Waals surface area contributed by atoms with Crippen LogP contribution in [0.2, 0.25) is 5.02 Å². The van der Waals surface area contributed by atoms with Crippen LogP contribution in [0.5, 0.6) is 5.75 Å². The summed E-state index contributed by atoms with van der Waals surface area (Å²) in [4.78, 5) is 14.9. The molecule has 3 rings (SSSR count). The van der Waals surface area contributed by atoms with E-state index in [1.807, 2.05) is 7.05 Å². The molecule has 1 N–H and O–H groups in total. The second-order valence-corrected chi connectivity index (χ2v) is 9.30. The maximum atomic E-state index is 13.1. The maximum absolute atomic E-state index is 13.1. The molecule has 0 atom stereocenters. The molecule has 2 aromatic rings. The minimum atomic E-state index is -3.67. The highest BCUT2D eigenvalue weighted by Gasteiger charge is 2.29. The quantitative estimate of drug-likeness (QED) is 0.778. The molecule has 1 saturated heterocycles. The lowest BCUT2D eigenvalue weighted by Crippen LogP contribution is -2.47. The van der Waals surface area contributed by atoms with Crippen molar-refractivity contribution in [2.24, 2.45) is 0 Å². The fourth-order valence-electron chi connectivity index (χ4n) is 3.13. The van der Waals surface area contributed by atoms with Gasteiger partial charge in [0, 0.05) is 37.4 Å². The molecule has 1 heterocycles. The number of ether oxygens (including phenoxy) is 1. The van der Waals surface area contributed by atoms with Crippen molar-refractivity contribution in [3.8, 4) is 5.75 Å². The van der Waals surface area contributed by atoms with Crippen LogP contribution in [-0.2, 0) is 10.0 Å². The predicted molar refractivity (Wildman–Crippen MR) is 113 cm³/mol. The molecule has 0 aliphatic carbocycles. The molecule has 156 valence electrons. The number of methoxy groups -OCH3 is 1. The molecule has 0 saturated carbocycles. The second kappa shape index (κ2) is 8.71. The van der Waals surface area contributed by atoms with Gasteiger partial charge in [-0.05, 0) is 49.9 Å². The number of hydrogen-bond acceptors (Lipinski definition) is 5. The number of hydrogen-bond donors (Lipinski definition) is 1. The Morgan fingerprint density at radius 3 is 2.41 bits per heavy atom. The Morgan fingerprint density at radius 2 is 1.79 bits per heavy atom. The summed E-state index contributed by atoms with van der Waals surface area (Å²) >= 11 is 6.10. The number of carbonyl (C=O) groups is 1. The Labute approximate surface area is 176 Å². The zero-order valence-corrected chi connectivity index (χ0v) is 18.2. The summed E-state index contributed by atoms with van der Waals surface area (Å²) in [7, 11) is -0.200. The Bertz CT molecular complexity index is 1020. The second-order valence-electron chi connectivity index (χ2n) is 6.99. The summed E-state index contributed by atoms with van der Waals surface area (Å²) in [6.07, 6.45) is 0. The lowest BCUT2D eigenvalue weighted by molar-refractivity contribution is 0.102. The van der Waals surface area contributed by atoms with Crippen LogP contribution in [-0.4, -0.2) is 63.9 Å². The van der Waals surface area contributed by atoms with Crippen LogP contribution in [0.15, 0.2) is 41.3 Å². The van der Waals surface area contributed by atoms with Gasteiger partial charge in [0.2, 0.25) is 10.0 Å². The Morgan fingerprint density at radius 1 is 1.10 bits per heavy atom. The van der Waals surface area contributed by atoms with Crippen molar-refractivity contribution in [2.75, 3.05) is 45.7 Å². The number of rotatable bonds is 5. The van der Waals surface area contributed by atoms with Crippen molar-refractivity contribution in [3.05, 3.63) is 52.5 Å². The molecule has 7 nitrogen and oxygen atoms in total. The van der Waals surface area contributed by atoms with Gasteiger partial charge in [-0.2, -0.15) is 4.31 Å². The van der Waals surface area contributed by atoms with Crippen molar-refractivity contribution in [1.29, 1.82) is 0 Å². The number of anilines is 1. The number of halogens is 1. The summed E-state index contributed by atoms with van der Waals surface area (Å²) in [6.45, 7) is 3.94. The molecule has 0 unspecified atom stereocenters. The highest BCUT2D eigenvalue weighted by Crippen LogP contribution is 2.28. The van der Waals surface area contributed by atoms with Gasteiger partial charge in [-0.3, -0.25) is 4.79 Å². The number of piperazine rings is 1. The van der Waals surface area contributed by atoms with Crippen LogP contribution in [0.3, 0.4) is 0 Å². The average Bonchev–Trinajstić information content (AvgIpc) is 2.68. The Balaban J connectivity index is 1.84. The number of benzene rings is 2. The summed E-state index contributed by atoms with van der Waals surface area (Å²) in [5.74, 6) is 0.0848. The standard InChI is InChI=1S/C20H24ClN3O4S/c1-14-4-5-15(20(25)22-16-6-7-18(28-3)17(21)13-16)12-19(14)29(26,27)24-10-8-23(2)9-11-24/h4-7,12-13H,8-11H2,1-3H3,(H,22,25). The summed E-state index contributed by atoms with van der Waals surface area (Å²) in [6, 6.07) is 9.59. The number of likely N-dealkylation sites (N-methyl/N-ethyl adjacent to an activating group) is 1. The lowest BCUT2D eigenvalue weighted by atomic mass is 10.1. The van der Waals surface area contributed by atoms with Crippen molar-refractivity contribution in [1.82, 2.24) is 9.21 Å². The van der Waals surface area contributed by atoms with Crippen LogP contribution >= 0.6 is 11.6 Å². The smallest absolute Gasteiger partial charge is 0.255 e. The van der Waals surface area contributed by atoms with Crippen molar-refractivity contribution >= 4 is 33.2 Å². The molecule has 1 aliphatic rings. The highest BCUT2D eigenvalue weighted by atomic mass is 35.5. The molecule has 2 aromatic carbocycles. The van der Waals surface area contributed by atoms with E-state index in [1.165, 1.54) is 17.5 Å². The maximum Gasteiger partial charge on any atom is 0.255 e. The number of nitrogens with one attached hydrogen (secondary N) is 1. The van der Waals surface area contributed by atoms with E-state index in [-0.39, 0.29) is 10.5 Å². The highest BCUT2D eigenvalue weighted by molar-refractivity contribution is 7.89. The van der Waals surface area contributed by atoms with Gasteiger partial charge >= 0.3 is 0 Å². The molecule has 0 aromatic heterocycles. The van der Waals surface area contributed by atoms with Gasteiger partial charge in [0.1, 0.15) is 5.75 Å². The number of amides is 1. The first-order chi connectivity index (χ1) is 13.7. The van der Waals surface area contributed by atoms with E-state index in [2.05, 4.69) is 10.2 Å². The third kappa shape index (κ3) is 4.72. The van der Waals surface area contributed by atoms with E-state index in [4.69, 9.17) is 16.3 Å². The topological polar surface area (TPSA) is 78.9 Å². The molecule has 0 radical (unpaired) electrons. The first-order valence-electron chi connectivity index (χ1n) is 9.16. The average molecular weight is 438 g/mol. The van der Waals surface area contributed by atoms with Crippen LogP contribution in [0, 0.1) is 6.92 Å². The number of sulfonamides is 1. The van der Waals surface area contributed by atoms with Gasteiger partial charge in [-0.15, -0.1) is 0 Å². The number of aryl methyl sites for hydroxylation is 1. The molecule has 1 amide bonds. The molecule has 0 spiro atoms. The van der Waals surface area contributed by atoms with Crippen LogP contribution in [0.25, 0.3) is 0 Å². The molecular weight excluding hydrogens is 414 g/mol. The van der Waals surface area contributed by atoms with Crippen LogP contribution in [0.4, 0.5) is 5.69 Å². The minimum Gasteiger partial charge on any atom is -0.495 e. The van der Waals surface area contributed by atoms with E-state index < -0.39 is 15.9 Å². The van der Waals surface area contributed by atoms with Gasteiger partial charge in [-0.1, -0.05) is 17.7 Å². The van der Waals surface area contributed by atoms with Crippen molar-refractivity contribution in [3.63, 3.8) is 0 Å². The van der Waals surface area contributed by atoms with Crippen molar-refractivity contribution < 1.29 is 17.9 Å². The fourth-order valence-corrected chi connectivity index (χ4v) is 5.06. The van der Waals surface area contributed by atoms with Gasteiger partial charge in [-0.25, -0.2) is 8.42 Å². The summed E-state index contributed by atoms with van der Waals surface area (Å²) in [5.41, 5.74) is 1.35. The van der Waals surface area contributed by atoms with E-state index in [0.717, 1.165) is 0 Å². The van der Waals surface area contributed by atoms with Gasteiger partial charge in [0.05, 0.1) is 17.0 Å². The first-order valence-corrected chi connectivity index (χ1v) is 11.0. The summed E-state index contributed by atoms with van der Waals surface area (Å²) < 4.78 is 32.8. The fraction of sp³-hybridized carbons (Fsp3) is 0.350. The third-order valence-electron chi connectivity index (χ3n) is 4.94. The molecule has 29 heavy (non-hydrogen) atoms. The lowest BCUT2D eigenvalue weighted by Gasteiger charge is -2.32. The zero-order valence-electron chi connectivity index (χ0n) is 16.6. The van der Waals surface area contributed by atoms with E-state index >= 15 is 0 Å². The molecular formula is C20H24ClN3O4S. The van der Waals surface area contributed by atoms with E-state index in [9.17, 15) is 13.2 Å². The third-order valence-corrected chi connectivity index (χ3v) is 7.28. The summed E-state index contributed by atoms with van der Waals surface area (Å²) in [5, 5.41) is 3.11. The monoisotopic (exact) mass is 437 g/mol. The van der Waals surface area contributed by atoms with Gasteiger partial charge in [0.25, 0.3) is 5.91 Å². The van der Waals surface area contributed by atoms with E-state index in [1.54, 1.807) is 37.3 Å². The Hall–Kier alpha value is -2.13. The van der Waals surface area contributed by atoms with Crippen LogP contribution in [0.1, 0.15) is 15.9 Å². The molecule has 9 heteroatoms. The predicted octanol–water partition coefficient (Wildman–Crippen LogP) is 2.85. The first kappa shape index (κ1) is 21.6. The largest absolute Gasteiger partial charge is 0.495 e. The van der Waals surface area contributed by atoms with Gasteiger partial charge in [0.15, 0.2) is 0 Å². The normalized spacial score (nSPS) is 15.9. The zero-order chi connectivity index (χ0) is 21.2. The molecule has 1 fully saturated rings. The van der Waals surface area contributed by atoms with Crippen LogP contribution < -0.4 is 10.1 Å². The Kier molecular flexibility index (Phi) is 6.48. The number of carbonyl (C=O) groups excluding carboxylic acids is 1. The number of nitrogens with zero attached hydrogens (tertiary/aromatic N) is 2. The van der Waals surface area contributed by atoms with Gasteiger partial charge < -0.3 is 15.0 Å².